The summed E-state index contributed by atoms with van der Waals surface area (Å²) in [7, 11) is 3.25. The maximum atomic E-state index is 12.4. The Kier molecular flexibility index (Phi) is 6.63. The van der Waals surface area contributed by atoms with E-state index in [0.29, 0.717) is 29.9 Å². The number of hydrogen-bond acceptors (Lipinski definition) is 8. The first-order valence-corrected chi connectivity index (χ1v) is 14.5. The molecule has 1 saturated carbocycles. The van der Waals surface area contributed by atoms with E-state index in [9.17, 15) is 4.79 Å². The molecule has 3 N–H and O–H groups in total. The van der Waals surface area contributed by atoms with Gasteiger partial charge in [-0.25, -0.2) is 0 Å². The highest BCUT2D eigenvalue weighted by atomic mass is 35.5. The number of methoxy groups -OCH3 is 1. The van der Waals surface area contributed by atoms with Gasteiger partial charge in [-0.05, 0) is 55.4 Å². The van der Waals surface area contributed by atoms with Gasteiger partial charge < -0.3 is 20.7 Å². The lowest BCUT2D eigenvalue weighted by Crippen LogP contribution is -2.27. The third-order valence-electron chi connectivity index (χ3n) is 7.76. The summed E-state index contributed by atoms with van der Waals surface area (Å²) in [6, 6.07) is 4.35. The van der Waals surface area contributed by atoms with Crippen LogP contribution in [-0.2, 0) is 25.3 Å². The molecule has 6 rings (SSSR count). The number of aromatic nitrogens is 4. The molecular formula is C27H32ClN7O2S. The van der Waals surface area contributed by atoms with Crippen LogP contribution in [0.5, 0.6) is 6.01 Å². The number of rotatable bonds is 5. The first-order valence-electron chi connectivity index (χ1n) is 13.0. The van der Waals surface area contributed by atoms with E-state index >= 15 is 0 Å². The van der Waals surface area contributed by atoms with Gasteiger partial charge in [0.2, 0.25) is 0 Å². The molecule has 0 bridgehead atoms. The number of nitrogen functional groups attached to an aromatic ring is 1. The number of nitrogens with one attached hydrogen (secondary N) is 1. The number of nitrogens with zero attached hydrogens (tertiary/aromatic N) is 5. The molecule has 3 aliphatic rings. The number of halogens is 1. The van der Waals surface area contributed by atoms with Crippen molar-refractivity contribution < 1.29 is 9.53 Å². The Morgan fingerprint density at radius 3 is 2.82 bits per heavy atom. The van der Waals surface area contributed by atoms with Crippen LogP contribution in [0.15, 0.2) is 12.1 Å². The number of ether oxygens (including phenoxy) is 1. The van der Waals surface area contributed by atoms with Crippen molar-refractivity contribution in [1.82, 2.24) is 25.1 Å². The second-order valence-electron chi connectivity index (χ2n) is 10.2. The first-order chi connectivity index (χ1) is 18.4. The van der Waals surface area contributed by atoms with Gasteiger partial charge in [0.15, 0.2) is 5.69 Å². The minimum atomic E-state index is -0.162. The average Bonchev–Trinajstić information content (AvgIpc) is 3.73. The Morgan fingerprint density at radius 1 is 1.26 bits per heavy atom. The summed E-state index contributed by atoms with van der Waals surface area (Å²) in [5.74, 6) is 2.06. The molecule has 1 amide bonds. The highest BCUT2D eigenvalue weighted by Crippen LogP contribution is 2.51. The smallest absolute Gasteiger partial charge is 0.318 e. The van der Waals surface area contributed by atoms with Gasteiger partial charge >= 0.3 is 6.01 Å². The Balaban J connectivity index is 1.36. The van der Waals surface area contributed by atoms with E-state index in [1.807, 2.05) is 29.4 Å². The van der Waals surface area contributed by atoms with Crippen LogP contribution in [0.3, 0.4) is 0 Å². The van der Waals surface area contributed by atoms with Gasteiger partial charge in [0.25, 0.3) is 5.91 Å². The van der Waals surface area contributed by atoms with Gasteiger partial charge in [0.05, 0.1) is 25.0 Å². The highest BCUT2D eigenvalue weighted by molar-refractivity contribution is 7.98. The molecule has 9 nitrogen and oxygen atoms in total. The van der Waals surface area contributed by atoms with Crippen LogP contribution in [0.1, 0.15) is 74.6 Å². The number of benzene rings is 1. The molecule has 38 heavy (non-hydrogen) atoms. The summed E-state index contributed by atoms with van der Waals surface area (Å²) >= 11 is 8.59. The summed E-state index contributed by atoms with van der Waals surface area (Å²) < 4.78 is 7.54. The number of carbonyl (C=O) groups is 1. The van der Waals surface area contributed by atoms with E-state index in [1.54, 1.807) is 14.2 Å². The fourth-order valence-electron chi connectivity index (χ4n) is 5.67. The zero-order chi connectivity index (χ0) is 26.6. The van der Waals surface area contributed by atoms with E-state index in [4.69, 9.17) is 32.0 Å². The van der Waals surface area contributed by atoms with Crippen LogP contribution in [0.25, 0.3) is 0 Å². The highest BCUT2D eigenvalue weighted by Gasteiger charge is 2.35. The average molecular weight is 554 g/mol. The summed E-state index contributed by atoms with van der Waals surface area (Å²) in [5, 5.41) is 8.31. The second kappa shape index (κ2) is 9.96. The van der Waals surface area contributed by atoms with Crippen molar-refractivity contribution in [2.75, 3.05) is 31.3 Å². The summed E-state index contributed by atoms with van der Waals surface area (Å²) in [6.45, 7) is 4.17. The van der Waals surface area contributed by atoms with Crippen molar-refractivity contribution >= 4 is 40.8 Å². The number of anilines is 2. The van der Waals surface area contributed by atoms with Crippen molar-refractivity contribution in [3.63, 3.8) is 0 Å². The lowest BCUT2D eigenvalue weighted by molar-refractivity contribution is 0.0956. The molecule has 1 unspecified atom stereocenters. The number of hydrogen-bond donors (Lipinski definition) is 2. The van der Waals surface area contributed by atoms with Crippen LogP contribution in [0.2, 0.25) is 5.02 Å². The molecule has 2 aliphatic heterocycles. The fourth-order valence-corrected chi connectivity index (χ4v) is 7.37. The van der Waals surface area contributed by atoms with Crippen LogP contribution in [-0.4, -0.2) is 46.4 Å². The molecule has 0 radical (unpaired) electrons. The summed E-state index contributed by atoms with van der Waals surface area (Å²) in [4.78, 5) is 24.3. The largest absolute Gasteiger partial charge is 0.467 e. The number of fused-ring (bicyclic) bond motifs is 2. The van der Waals surface area contributed by atoms with Gasteiger partial charge in [-0.15, -0.1) is 11.8 Å². The third-order valence-corrected chi connectivity index (χ3v) is 9.35. The Hall–Kier alpha value is -2.98. The molecule has 1 aliphatic carbocycles. The van der Waals surface area contributed by atoms with Crippen molar-refractivity contribution in [2.45, 2.75) is 62.6 Å². The molecule has 1 atom stereocenters. The molecule has 11 heteroatoms. The van der Waals surface area contributed by atoms with Crippen molar-refractivity contribution in [1.29, 1.82) is 0 Å². The van der Waals surface area contributed by atoms with E-state index in [0.717, 1.165) is 65.0 Å². The first kappa shape index (κ1) is 25.3. The zero-order valence-corrected chi connectivity index (χ0v) is 23.5. The monoisotopic (exact) mass is 553 g/mol. The van der Waals surface area contributed by atoms with Gasteiger partial charge in [-0.3, -0.25) is 9.48 Å². The van der Waals surface area contributed by atoms with Crippen LogP contribution in [0, 0.1) is 6.92 Å². The lowest BCUT2D eigenvalue weighted by Gasteiger charge is -2.31. The quantitative estimate of drug-likeness (QED) is 0.447. The fraction of sp³-hybridized carbons (Fsp3) is 0.481. The van der Waals surface area contributed by atoms with E-state index in [-0.39, 0.29) is 11.2 Å². The van der Waals surface area contributed by atoms with E-state index in [2.05, 4.69) is 21.4 Å². The maximum absolute atomic E-state index is 12.4. The predicted octanol–water partition coefficient (Wildman–Crippen LogP) is 4.40. The normalized spacial score (nSPS) is 18.9. The van der Waals surface area contributed by atoms with E-state index < -0.39 is 0 Å². The molecule has 200 valence electrons. The van der Waals surface area contributed by atoms with Crippen LogP contribution < -0.4 is 20.7 Å². The summed E-state index contributed by atoms with van der Waals surface area (Å²) in [6.07, 6.45) is 4.01. The standard InChI is InChI=1S/C27H32ClN7O2S/c1-14-21-12-34(7-4-8-35(21)33-24(14)26(36)30-2)25-18-13-38-22(11-20(18)31-27(32-25)37-3)17-9-16(29)10-19(28)23(17)15-5-6-15/h9-10,15,22H,4-8,11-13,29H2,1-3H3,(H,30,36). The molecule has 1 fully saturated rings. The number of amides is 1. The molecule has 1 aromatic carbocycles. The lowest BCUT2D eigenvalue weighted by atomic mass is 9.96. The molecule has 3 aromatic rings. The minimum Gasteiger partial charge on any atom is -0.467 e. The number of carbonyl (C=O) groups excluding carboxylic acids is 1. The summed E-state index contributed by atoms with van der Waals surface area (Å²) in [5.41, 5.74) is 14.0. The second-order valence-corrected chi connectivity index (χ2v) is 11.8. The Morgan fingerprint density at radius 2 is 2.08 bits per heavy atom. The van der Waals surface area contributed by atoms with Gasteiger partial charge in [0.1, 0.15) is 5.82 Å². The number of aryl methyl sites for hydroxylation is 1. The molecule has 4 heterocycles. The van der Waals surface area contributed by atoms with Crippen molar-refractivity contribution in [3.05, 3.63) is 56.5 Å². The van der Waals surface area contributed by atoms with Gasteiger partial charge in [0, 0.05) is 59.4 Å². The van der Waals surface area contributed by atoms with Gasteiger partial charge in [-0.1, -0.05) is 11.6 Å². The number of nitrogens with two attached hydrogens (primary N) is 1. The predicted molar refractivity (Wildman–Crippen MR) is 150 cm³/mol. The van der Waals surface area contributed by atoms with E-state index in [1.165, 1.54) is 24.0 Å². The Labute approximate surface area is 231 Å². The van der Waals surface area contributed by atoms with Crippen molar-refractivity contribution in [3.8, 4) is 6.01 Å². The maximum Gasteiger partial charge on any atom is 0.318 e. The van der Waals surface area contributed by atoms with Crippen molar-refractivity contribution in [2.24, 2.45) is 0 Å². The van der Waals surface area contributed by atoms with Crippen LogP contribution in [0.4, 0.5) is 11.5 Å². The molecular weight excluding hydrogens is 522 g/mol. The topological polar surface area (TPSA) is 111 Å². The Bertz CT molecular complexity index is 1420. The zero-order valence-electron chi connectivity index (χ0n) is 21.9. The third kappa shape index (κ3) is 4.47. The SMILES string of the molecule is CNC(=O)c1nn2c(c1C)CN(c1nc(OC)nc3c1CSC(c1cc(N)cc(Cl)c1C1CC1)C3)CCC2. The molecule has 0 spiro atoms. The minimum absolute atomic E-state index is 0.162. The van der Waals surface area contributed by atoms with Gasteiger partial charge in [-0.2, -0.15) is 15.1 Å². The molecule has 2 aromatic heterocycles. The number of thioether (sulfide) groups is 1. The molecule has 0 saturated heterocycles. The van der Waals surface area contributed by atoms with Crippen LogP contribution >= 0.6 is 23.4 Å².